The zero-order valence-corrected chi connectivity index (χ0v) is 15.5. The van der Waals surface area contributed by atoms with Crippen LogP contribution in [0.2, 0.25) is 0 Å². The number of benzene rings is 1. The minimum Gasteiger partial charge on any atom is -0.493 e. The summed E-state index contributed by atoms with van der Waals surface area (Å²) >= 11 is 1.45. The molecule has 136 valence electrons. The lowest BCUT2D eigenvalue weighted by Crippen LogP contribution is -2.23. The molecule has 6 nitrogen and oxygen atoms in total. The van der Waals surface area contributed by atoms with Crippen molar-refractivity contribution in [1.29, 1.82) is 0 Å². The van der Waals surface area contributed by atoms with Crippen LogP contribution in [-0.2, 0) is 13.0 Å². The van der Waals surface area contributed by atoms with Gasteiger partial charge in [0, 0.05) is 18.3 Å². The second-order valence-electron chi connectivity index (χ2n) is 5.54. The van der Waals surface area contributed by atoms with Crippen LogP contribution < -0.4 is 20.5 Å². The van der Waals surface area contributed by atoms with Crippen LogP contribution in [-0.4, -0.2) is 31.2 Å². The second kappa shape index (κ2) is 10.0. The second-order valence-corrected chi connectivity index (χ2v) is 6.48. The molecule has 3 N–H and O–H groups in total. The molecule has 0 unspecified atom stereocenters. The van der Waals surface area contributed by atoms with Crippen LogP contribution in [0.25, 0.3) is 0 Å². The van der Waals surface area contributed by atoms with E-state index in [2.05, 4.69) is 17.2 Å². The molecular formula is C18H25N3O3S. The summed E-state index contributed by atoms with van der Waals surface area (Å²) in [6.07, 6.45) is 2.77. The molecule has 0 spiro atoms. The summed E-state index contributed by atoms with van der Waals surface area (Å²) in [6.45, 7) is 3.71. The van der Waals surface area contributed by atoms with Crippen molar-refractivity contribution < 1.29 is 14.3 Å². The van der Waals surface area contributed by atoms with E-state index in [1.807, 2.05) is 18.2 Å². The number of nitrogens with one attached hydrogen (secondary N) is 1. The van der Waals surface area contributed by atoms with Crippen LogP contribution in [0.4, 0.5) is 0 Å². The van der Waals surface area contributed by atoms with E-state index in [9.17, 15) is 4.79 Å². The van der Waals surface area contributed by atoms with Crippen molar-refractivity contribution in [1.82, 2.24) is 10.3 Å². The first-order valence-corrected chi connectivity index (χ1v) is 9.28. The number of rotatable bonds is 10. The van der Waals surface area contributed by atoms with E-state index < -0.39 is 0 Å². The van der Waals surface area contributed by atoms with Gasteiger partial charge in [0.1, 0.15) is 5.69 Å². The average Bonchev–Trinajstić information content (AvgIpc) is 3.09. The van der Waals surface area contributed by atoms with E-state index in [0.717, 1.165) is 29.2 Å². The molecule has 1 amide bonds. The average molecular weight is 363 g/mol. The molecule has 0 radical (unpaired) electrons. The van der Waals surface area contributed by atoms with E-state index in [4.69, 9.17) is 15.2 Å². The zero-order valence-electron chi connectivity index (χ0n) is 14.7. The Kier molecular flexibility index (Phi) is 7.69. The number of carbonyl (C=O) groups is 1. The molecule has 0 aliphatic heterocycles. The Bertz CT molecular complexity index is 688. The first-order valence-electron chi connectivity index (χ1n) is 8.40. The number of unbranched alkanes of at least 4 members (excludes halogenated alkanes) is 1. The van der Waals surface area contributed by atoms with Crippen LogP contribution in [0.1, 0.15) is 40.8 Å². The van der Waals surface area contributed by atoms with Gasteiger partial charge < -0.3 is 20.5 Å². The fraction of sp³-hybridized carbons (Fsp3) is 0.444. The van der Waals surface area contributed by atoms with Crippen LogP contribution >= 0.6 is 11.3 Å². The normalized spacial score (nSPS) is 10.5. The summed E-state index contributed by atoms with van der Waals surface area (Å²) in [5, 5.41) is 5.50. The Morgan fingerprint density at radius 3 is 2.92 bits per heavy atom. The summed E-state index contributed by atoms with van der Waals surface area (Å²) in [5.41, 5.74) is 6.87. The van der Waals surface area contributed by atoms with Gasteiger partial charge in [0.15, 0.2) is 11.5 Å². The molecule has 7 heteroatoms. The summed E-state index contributed by atoms with van der Waals surface area (Å²) < 4.78 is 11.1. The Morgan fingerprint density at radius 2 is 2.20 bits per heavy atom. The van der Waals surface area contributed by atoms with Gasteiger partial charge in [0.25, 0.3) is 5.91 Å². The van der Waals surface area contributed by atoms with E-state index in [-0.39, 0.29) is 5.91 Å². The Hall–Kier alpha value is -2.12. The molecular weight excluding hydrogens is 338 g/mol. The molecule has 2 rings (SSSR count). The Morgan fingerprint density at radius 1 is 1.36 bits per heavy atom. The summed E-state index contributed by atoms with van der Waals surface area (Å²) in [5.74, 6) is 1.19. The predicted molar refractivity (Wildman–Crippen MR) is 99.4 cm³/mol. The lowest BCUT2D eigenvalue weighted by molar-refractivity contribution is 0.0946. The molecule has 1 heterocycles. The van der Waals surface area contributed by atoms with Gasteiger partial charge in [-0.05, 0) is 30.7 Å². The number of nitrogens with two attached hydrogens (primary N) is 1. The maximum absolute atomic E-state index is 12.2. The summed E-state index contributed by atoms with van der Waals surface area (Å²) in [6, 6.07) is 5.67. The van der Waals surface area contributed by atoms with E-state index in [1.54, 1.807) is 12.5 Å². The maximum Gasteiger partial charge on any atom is 0.271 e. The molecule has 0 atom stereocenters. The van der Waals surface area contributed by atoms with Gasteiger partial charge in [-0.3, -0.25) is 4.79 Å². The molecule has 0 saturated heterocycles. The first-order chi connectivity index (χ1) is 12.2. The fourth-order valence-electron chi connectivity index (χ4n) is 2.19. The standard InChI is InChI=1S/C18H25N3O3S/c1-3-4-9-24-15-6-5-13(10-16(15)23-2)11-20-18(22)14-12-25-17(21-14)7-8-19/h5-6,10,12H,3-4,7-9,11,19H2,1-2H3,(H,20,22). The first kappa shape index (κ1) is 19.2. The topological polar surface area (TPSA) is 86.5 Å². The highest BCUT2D eigenvalue weighted by atomic mass is 32.1. The van der Waals surface area contributed by atoms with E-state index in [1.165, 1.54) is 11.3 Å². The third kappa shape index (κ3) is 5.72. The number of nitrogens with zero attached hydrogens (tertiary/aromatic N) is 1. The van der Waals surface area contributed by atoms with Crippen molar-refractivity contribution in [3.8, 4) is 11.5 Å². The molecule has 25 heavy (non-hydrogen) atoms. The number of hydrogen-bond donors (Lipinski definition) is 2. The van der Waals surface area contributed by atoms with Gasteiger partial charge in [-0.1, -0.05) is 19.4 Å². The van der Waals surface area contributed by atoms with Gasteiger partial charge in [0.2, 0.25) is 0 Å². The SMILES string of the molecule is CCCCOc1ccc(CNC(=O)c2csc(CCN)n2)cc1OC. The molecule has 0 aliphatic carbocycles. The number of ether oxygens (including phenoxy) is 2. The van der Waals surface area contributed by atoms with E-state index in [0.29, 0.717) is 37.6 Å². The van der Waals surface area contributed by atoms with Gasteiger partial charge >= 0.3 is 0 Å². The van der Waals surface area contributed by atoms with Gasteiger partial charge in [-0.2, -0.15) is 0 Å². The highest BCUT2D eigenvalue weighted by Crippen LogP contribution is 2.28. The zero-order chi connectivity index (χ0) is 18.1. The van der Waals surface area contributed by atoms with Gasteiger partial charge in [-0.25, -0.2) is 4.98 Å². The maximum atomic E-state index is 12.2. The number of carbonyl (C=O) groups excluding carboxylic acids is 1. The molecule has 1 aromatic heterocycles. The Balaban J connectivity index is 1.94. The molecule has 2 aromatic rings. The molecule has 0 aliphatic rings. The van der Waals surface area contributed by atoms with Crippen LogP contribution in [0.5, 0.6) is 11.5 Å². The molecule has 1 aromatic carbocycles. The van der Waals surface area contributed by atoms with Crippen molar-refractivity contribution in [3.05, 3.63) is 39.8 Å². The fourth-order valence-corrected chi connectivity index (χ4v) is 2.99. The van der Waals surface area contributed by atoms with E-state index >= 15 is 0 Å². The van der Waals surface area contributed by atoms with Crippen molar-refractivity contribution in [2.24, 2.45) is 5.73 Å². The molecule has 0 saturated carbocycles. The van der Waals surface area contributed by atoms with Crippen molar-refractivity contribution in [2.45, 2.75) is 32.7 Å². The third-order valence-corrected chi connectivity index (χ3v) is 4.49. The quantitative estimate of drug-likeness (QED) is 0.634. The summed E-state index contributed by atoms with van der Waals surface area (Å²) in [4.78, 5) is 16.5. The highest BCUT2D eigenvalue weighted by Gasteiger charge is 2.11. The summed E-state index contributed by atoms with van der Waals surface area (Å²) in [7, 11) is 1.61. The number of thiazole rings is 1. The van der Waals surface area contributed by atoms with Crippen molar-refractivity contribution in [2.75, 3.05) is 20.3 Å². The van der Waals surface area contributed by atoms with Crippen molar-refractivity contribution >= 4 is 17.2 Å². The van der Waals surface area contributed by atoms with Gasteiger partial charge in [-0.15, -0.1) is 11.3 Å². The number of hydrogen-bond acceptors (Lipinski definition) is 6. The van der Waals surface area contributed by atoms with Crippen LogP contribution in [0.15, 0.2) is 23.6 Å². The lowest BCUT2D eigenvalue weighted by atomic mass is 10.2. The molecule has 0 bridgehead atoms. The number of aromatic nitrogens is 1. The number of methoxy groups -OCH3 is 1. The van der Waals surface area contributed by atoms with Crippen molar-refractivity contribution in [3.63, 3.8) is 0 Å². The van der Waals surface area contributed by atoms with Gasteiger partial charge in [0.05, 0.1) is 18.7 Å². The molecule has 0 fully saturated rings. The Labute approximate surface area is 152 Å². The lowest BCUT2D eigenvalue weighted by Gasteiger charge is -2.12. The minimum atomic E-state index is -0.193. The predicted octanol–water partition coefficient (Wildman–Crippen LogP) is 2.76. The number of amides is 1. The monoisotopic (exact) mass is 363 g/mol. The largest absolute Gasteiger partial charge is 0.493 e. The highest BCUT2D eigenvalue weighted by molar-refractivity contribution is 7.09. The minimum absolute atomic E-state index is 0.193. The van der Waals surface area contributed by atoms with Crippen LogP contribution in [0, 0.1) is 0 Å². The third-order valence-electron chi connectivity index (χ3n) is 3.58. The van der Waals surface area contributed by atoms with Crippen LogP contribution in [0.3, 0.4) is 0 Å². The smallest absolute Gasteiger partial charge is 0.271 e.